The third kappa shape index (κ3) is 5.93. The van der Waals surface area contributed by atoms with Crippen LogP contribution in [0.15, 0.2) is 73.1 Å². The van der Waals surface area contributed by atoms with Crippen molar-refractivity contribution in [2.45, 2.75) is 45.1 Å². The van der Waals surface area contributed by atoms with Crippen molar-refractivity contribution in [1.29, 1.82) is 0 Å². The van der Waals surface area contributed by atoms with Crippen molar-refractivity contribution >= 4 is 23.2 Å². The number of carbonyl (C=O) groups excluding carboxylic acids is 2. The third-order valence-corrected chi connectivity index (χ3v) is 7.48. The van der Waals surface area contributed by atoms with Gasteiger partial charge in [-0.05, 0) is 73.4 Å². The lowest BCUT2D eigenvalue weighted by molar-refractivity contribution is -0.122. The van der Waals surface area contributed by atoms with Gasteiger partial charge in [-0.25, -0.2) is 0 Å². The van der Waals surface area contributed by atoms with Crippen LogP contribution in [0.1, 0.15) is 53.6 Å². The maximum Gasteiger partial charge on any atom is 0.253 e. The molecule has 0 bridgehead atoms. The minimum absolute atomic E-state index is 0.0532. The molecule has 2 heterocycles. The Hall–Kier alpha value is -3.67. The first-order chi connectivity index (χ1) is 17.7. The summed E-state index contributed by atoms with van der Waals surface area (Å²) < 4.78 is 0. The molecule has 2 aromatic carbocycles. The van der Waals surface area contributed by atoms with E-state index >= 15 is 0 Å². The fourth-order valence-corrected chi connectivity index (χ4v) is 5.09. The highest BCUT2D eigenvalue weighted by molar-refractivity contribution is 6.02. The number of nitrogens with one attached hydrogen (secondary N) is 2. The van der Waals surface area contributed by atoms with Gasteiger partial charge in [-0.2, -0.15) is 0 Å². The molecule has 1 saturated carbocycles. The molecule has 2 amide bonds. The summed E-state index contributed by atoms with van der Waals surface area (Å²) in [5.41, 5.74) is 4.55. The highest BCUT2D eigenvalue weighted by Crippen LogP contribution is 2.32. The van der Waals surface area contributed by atoms with Gasteiger partial charge in [0, 0.05) is 49.3 Å². The Morgan fingerprint density at radius 1 is 0.917 bits per heavy atom. The fraction of sp³-hybridized carbons (Fsp3) is 0.367. The molecule has 2 fully saturated rings. The molecule has 0 unspecified atom stereocenters. The number of hydrogen-bond donors (Lipinski definition) is 2. The molecule has 2 aliphatic rings. The number of amides is 2. The van der Waals surface area contributed by atoms with E-state index in [1.165, 1.54) is 5.56 Å². The Bertz CT molecular complexity index is 1170. The molecular weight excluding hydrogens is 448 g/mol. The van der Waals surface area contributed by atoms with E-state index in [2.05, 4.69) is 50.8 Å². The van der Waals surface area contributed by atoms with Crippen molar-refractivity contribution in [2.75, 3.05) is 23.3 Å². The minimum atomic E-state index is -0.139. The number of carbonyl (C=O) groups is 2. The first-order valence-corrected chi connectivity index (χ1v) is 13.1. The van der Waals surface area contributed by atoms with E-state index in [4.69, 9.17) is 0 Å². The highest BCUT2D eigenvalue weighted by Gasteiger charge is 2.27. The van der Waals surface area contributed by atoms with Crippen molar-refractivity contribution in [3.05, 3.63) is 89.7 Å². The van der Waals surface area contributed by atoms with Crippen LogP contribution in [-0.2, 0) is 17.8 Å². The molecule has 0 radical (unpaired) electrons. The van der Waals surface area contributed by atoms with E-state index in [1.807, 2.05) is 30.3 Å². The number of anilines is 2. The van der Waals surface area contributed by atoms with Crippen LogP contribution in [0, 0.1) is 11.8 Å². The van der Waals surface area contributed by atoms with E-state index < -0.39 is 0 Å². The molecule has 1 aliphatic heterocycles. The molecule has 1 aromatic heterocycles. The zero-order chi connectivity index (χ0) is 24.7. The minimum Gasteiger partial charge on any atom is -0.371 e. The average Bonchev–Trinajstić information content (AvgIpc) is 2.88. The largest absolute Gasteiger partial charge is 0.371 e. The van der Waals surface area contributed by atoms with E-state index in [1.54, 1.807) is 12.4 Å². The number of hydrogen-bond acceptors (Lipinski definition) is 4. The standard InChI is InChI=1S/C30H34N4O2/c35-29(25-9-4-10-25)33-26-11-12-28(27(19-26)30(36)32-21-24-8-5-15-31-20-24)34-16-13-23(14-17-34)18-22-6-2-1-3-7-22/h1-3,5-8,11-12,15,19-20,23,25H,4,9-10,13-14,16-18,21H2,(H,32,36)(H,33,35). The fourth-order valence-electron chi connectivity index (χ4n) is 5.09. The summed E-state index contributed by atoms with van der Waals surface area (Å²) in [4.78, 5) is 32.3. The molecule has 1 aliphatic carbocycles. The zero-order valence-electron chi connectivity index (χ0n) is 20.7. The van der Waals surface area contributed by atoms with Gasteiger partial charge in [0.25, 0.3) is 5.91 Å². The Morgan fingerprint density at radius 2 is 1.69 bits per heavy atom. The van der Waals surface area contributed by atoms with E-state index in [0.29, 0.717) is 23.7 Å². The maximum atomic E-state index is 13.4. The van der Waals surface area contributed by atoms with Crippen molar-refractivity contribution in [2.24, 2.45) is 11.8 Å². The van der Waals surface area contributed by atoms with Gasteiger partial charge in [0.05, 0.1) is 5.56 Å². The Labute approximate surface area is 213 Å². The highest BCUT2D eigenvalue weighted by atomic mass is 16.2. The molecule has 0 spiro atoms. The number of aromatic nitrogens is 1. The second-order valence-corrected chi connectivity index (χ2v) is 10.0. The van der Waals surface area contributed by atoms with Crippen LogP contribution in [0.5, 0.6) is 0 Å². The quantitative estimate of drug-likeness (QED) is 0.462. The van der Waals surface area contributed by atoms with Gasteiger partial charge >= 0.3 is 0 Å². The van der Waals surface area contributed by atoms with Gasteiger partial charge < -0.3 is 15.5 Å². The predicted molar refractivity (Wildman–Crippen MR) is 143 cm³/mol. The summed E-state index contributed by atoms with van der Waals surface area (Å²) in [5.74, 6) is 0.654. The van der Waals surface area contributed by atoms with Crippen LogP contribution < -0.4 is 15.5 Å². The molecule has 2 N–H and O–H groups in total. The molecular formula is C30H34N4O2. The van der Waals surface area contributed by atoms with Crippen LogP contribution in [0.3, 0.4) is 0 Å². The molecule has 0 atom stereocenters. The topological polar surface area (TPSA) is 74.3 Å². The van der Waals surface area contributed by atoms with Crippen LogP contribution >= 0.6 is 0 Å². The predicted octanol–water partition coefficient (Wildman–Crippen LogP) is 5.21. The number of piperidine rings is 1. The Balaban J connectivity index is 1.30. The molecule has 5 rings (SSSR count). The average molecular weight is 483 g/mol. The van der Waals surface area contributed by atoms with Gasteiger partial charge in [0.2, 0.25) is 5.91 Å². The van der Waals surface area contributed by atoms with Crippen molar-refractivity contribution in [1.82, 2.24) is 10.3 Å². The summed E-state index contributed by atoms with van der Waals surface area (Å²) in [5, 5.41) is 6.07. The van der Waals surface area contributed by atoms with Gasteiger partial charge in [-0.15, -0.1) is 0 Å². The van der Waals surface area contributed by atoms with Crippen LogP contribution in [0.25, 0.3) is 0 Å². The Kier molecular flexibility index (Phi) is 7.60. The monoisotopic (exact) mass is 482 g/mol. The molecule has 3 aromatic rings. The third-order valence-electron chi connectivity index (χ3n) is 7.48. The second kappa shape index (κ2) is 11.4. The summed E-state index contributed by atoms with van der Waals surface area (Å²) in [6, 6.07) is 20.2. The summed E-state index contributed by atoms with van der Waals surface area (Å²) in [6.45, 7) is 2.23. The van der Waals surface area contributed by atoms with E-state index in [-0.39, 0.29) is 17.7 Å². The summed E-state index contributed by atoms with van der Waals surface area (Å²) >= 11 is 0. The lowest BCUT2D eigenvalue weighted by Crippen LogP contribution is -2.36. The number of rotatable bonds is 8. The summed E-state index contributed by atoms with van der Waals surface area (Å²) in [6.07, 6.45) is 9.75. The molecule has 36 heavy (non-hydrogen) atoms. The lowest BCUT2D eigenvalue weighted by atomic mass is 9.85. The first-order valence-electron chi connectivity index (χ1n) is 13.1. The van der Waals surface area contributed by atoms with Crippen LogP contribution in [0.2, 0.25) is 0 Å². The number of nitrogens with zero attached hydrogens (tertiary/aromatic N) is 2. The van der Waals surface area contributed by atoms with Crippen LogP contribution in [-0.4, -0.2) is 29.9 Å². The van der Waals surface area contributed by atoms with Crippen molar-refractivity contribution in [3.8, 4) is 0 Å². The molecule has 1 saturated heterocycles. The second-order valence-electron chi connectivity index (χ2n) is 10.0. The van der Waals surface area contributed by atoms with Gasteiger partial charge in [-0.1, -0.05) is 42.8 Å². The number of benzene rings is 2. The van der Waals surface area contributed by atoms with Crippen molar-refractivity contribution in [3.63, 3.8) is 0 Å². The first kappa shape index (κ1) is 24.0. The van der Waals surface area contributed by atoms with E-state index in [0.717, 1.165) is 62.9 Å². The van der Waals surface area contributed by atoms with E-state index in [9.17, 15) is 9.59 Å². The zero-order valence-corrected chi connectivity index (χ0v) is 20.7. The maximum absolute atomic E-state index is 13.4. The normalized spacial score (nSPS) is 16.3. The van der Waals surface area contributed by atoms with Gasteiger partial charge in [0.15, 0.2) is 0 Å². The SMILES string of the molecule is O=C(NCc1cccnc1)c1cc(NC(=O)C2CCC2)ccc1N1CCC(Cc2ccccc2)CC1. The molecule has 6 heteroatoms. The van der Waals surface area contributed by atoms with Crippen LogP contribution in [0.4, 0.5) is 11.4 Å². The smallest absolute Gasteiger partial charge is 0.253 e. The lowest BCUT2D eigenvalue weighted by Gasteiger charge is -2.35. The van der Waals surface area contributed by atoms with Gasteiger partial charge in [-0.3, -0.25) is 14.6 Å². The van der Waals surface area contributed by atoms with Crippen molar-refractivity contribution < 1.29 is 9.59 Å². The number of pyridine rings is 1. The summed E-state index contributed by atoms with van der Waals surface area (Å²) in [7, 11) is 0. The molecule has 186 valence electrons. The molecule has 6 nitrogen and oxygen atoms in total. The van der Waals surface area contributed by atoms with Gasteiger partial charge in [0.1, 0.15) is 0 Å². The Morgan fingerprint density at radius 3 is 2.39 bits per heavy atom.